The van der Waals surface area contributed by atoms with E-state index >= 15 is 0 Å². The molecule has 0 radical (unpaired) electrons. The monoisotopic (exact) mass is 306 g/mol. The summed E-state index contributed by atoms with van der Waals surface area (Å²) < 4.78 is 5.47. The van der Waals surface area contributed by atoms with E-state index in [4.69, 9.17) is 4.74 Å². The summed E-state index contributed by atoms with van der Waals surface area (Å²) in [6, 6.07) is 0. The van der Waals surface area contributed by atoms with Crippen LogP contribution in [0.3, 0.4) is 0 Å². The fourth-order valence-corrected chi connectivity index (χ4v) is 3.13. The molecule has 1 aliphatic heterocycles. The van der Waals surface area contributed by atoms with Crippen molar-refractivity contribution in [2.45, 2.75) is 0 Å². The molecule has 1 aliphatic rings. The first kappa shape index (κ1) is 13.9. The number of anilines is 3. The first-order valence-corrected chi connectivity index (χ1v) is 7.67. The highest BCUT2D eigenvalue weighted by molar-refractivity contribution is 7.13. The van der Waals surface area contributed by atoms with E-state index in [9.17, 15) is 0 Å². The van der Waals surface area contributed by atoms with Gasteiger partial charge in [-0.2, -0.15) is 0 Å². The molecule has 3 rings (SSSR count). The van der Waals surface area contributed by atoms with Crippen LogP contribution in [0.2, 0.25) is 0 Å². The van der Waals surface area contributed by atoms with Gasteiger partial charge in [-0.05, 0) is 0 Å². The van der Waals surface area contributed by atoms with Crippen LogP contribution in [0.4, 0.5) is 16.8 Å². The quantitative estimate of drug-likeness (QED) is 0.913. The Labute approximate surface area is 127 Å². The molecule has 1 saturated heterocycles. The highest BCUT2D eigenvalue weighted by atomic mass is 32.1. The highest BCUT2D eigenvalue weighted by Crippen LogP contribution is 2.32. The van der Waals surface area contributed by atoms with Gasteiger partial charge in [0.1, 0.15) is 6.33 Å². The average Bonchev–Trinajstić information content (AvgIpc) is 3.08. The van der Waals surface area contributed by atoms with Gasteiger partial charge in [-0.25, -0.2) is 15.0 Å². The minimum atomic E-state index is 0.697. The Morgan fingerprint density at radius 2 is 1.90 bits per heavy atom. The van der Waals surface area contributed by atoms with E-state index in [0.29, 0.717) is 11.6 Å². The van der Waals surface area contributed by atoms with Gasteiger partial charge in [-0.1, -0.05) is 0 Å². The van der Waals surface area contributed by atoms with Gasteiger partial charge in [-0.15, -0.1) is 11.3 Å². The molecule has 7 nitrogen and oxygen atoms in total. The number of nitrogens with zero attached hydrogens (tertiary/aromatic N) is 5. The average molecular weight is 306 g/mol. The van der Waals surface area contributed by atoms with Crippen molar-refractivity contribution >= 4 is 28.1 Å². The zero-order valence-corrected chi connectivity index (χ0v) is 12.9. The number of hydrogen-bond donors (Lipinski definition) is 1. The first-order chi connectivity index (χ1) is 10.3. The number of hydrogen-bond acceptors (Lipinski definition) is 8. The minimum Gasteiger partial charge on any atom is -0.490 e. The number of ether oxygens (including phenoxy) is 1. The van der Waals surface area contributed by atoms with Crippen LogP contribution in [0, 0.1) is 0 Å². The maximum absolute atomic E-state index is 5.47. The minimum absolute atomic E-state index is 0.697. The van der Waals surface area contributed by atoms with Gasteiger partial charge in [-0.3, -0.25) is 0 Å². The molecule has 1 fully saturated rings. The molecular formula is C13H18N6OS. The summed E-state index contributed by atoms with van der Waals surface area (Å²) in [4.78, 5) is 17.5. The molecule has 0 amide bonds. The van der Waals surface area contributed by atoms with Gasteiger partial charge in [0, 0.05) is 44.8 Å². The second kappa shape index (κ2) is 6.13. The molecule has 0 unspecified atom stereocenters. The Morgan fingerprint density at radius 1 is 1.14 bits per heavy atom. The van der Waals surface area contributed by atoms with E-state index in [1.165, 1.54) is 0 Å². The molecule has 0 aromatic carbocycles. The third-order valence-electron chi connectivity index (χ3n) is 3.49. The van der Waals surface area contributed by atoms with Gasteiger partial charge in [0.15, 0.2) is 16.8 Å². The molecular weight excluding hydrogens is 288 g/mol. The Hall–Kier alpha value is -2.09. The van der Waals surface area contributed by atoms with Gasteiger partial charge in [0.2, 0.25) is 5.75 Å². The standard InChI is InChI=1S/C13H18N6OS/c1-14-11-10(20-2)12(17-9-16-11)18-4-6-19(7-5-18)13-15-3-8-21-13/h3,8-9H,4-7H2,1-2H3,(H,14,16,17). The molecule has 1 N–H and O–H groups in total. The van der Waals surface area contributed by atoms with E-state index in [0.717, 1.165) is 37.1 Å². The summed E-state index contributed by atoms with van der Waals surface area (Å²) >= 11 is 1.68. The van der Waals surface area contributed by atoms with Crippen LogP contribution in [0.15, 0.2) is 17.9 Å². The molecule has 0 aliphatic carbocycles. The Bertz CT molecular complexity index is 582. The summed E-state index contributed by atoms with van der Waals surface area (Å²) in [6.45, 7) is 3.62. The van der Waals surface area contributed by atoms with Crippen molar-refractivity contribution in [3.05, 3.63) is 17.9 Å². The van der Waals surface area contributed by atoms with E-state index in [2.05, 4.69) is 30.1 Å². The molecule has 2 aromatic heterocycles. The molecule has 0 atom stereocenters. The lowest BCUT2D eigenvalue weighted by molar-refractivity contribution is 0.411. The maximum atomic E-state index is 5.47. The van der Waals surface area contributed by atoms with Crippen molar-refractivity contribution in [1.29, 1.82) is 0 Å². The zero-order chi connectivity index (χ0) is 14.7. The van der Waals surface area contributed by atoms with Crippen LogP contribution in [0.5, 0.6) is 5.75 Å². The van der Waals surface area contributed by atoms with Crippen molar-refractivity contribution in [3.8, 4) is 5.75 Å². The summed E-state index contributed by atoms with van der Waals surface area (Å²) in [6.07, 6.45) is 3.41. The molecule has 0 bridgehead atoms. The van der Waals surface area contributed by atoms with Crippen LogP contribution in [-0.2, 0) is 0 Å². The SMILES string of the molecule is CNc1ncnc(N2CCN(c3nccs3)CC2)c1OC. The van der Waals surface area contributed by atoms with Crippen molar-refractivity contribution in [2.75, 3.05) is 55.5 Å². The van der Waals surface area contributed by atoms with Crippen molar-refractivity contribution < 1.29 is 4.74 Å². The van der Waals surface area contributed by atoms with Gasteiger partial charge >= 0.3 is 0 Å². The third kappa shape index (κ3) is 2.71. The van der Waals surface area contributed by atoms with Crippen molar-refractivity contribution in [1.82, 2.24) is 15.0 Å². The number of piperazine rings is 1. The lowest BCUT2D eigenvalue weighted by Gasteiger charge is -2.35. The largest absolute Gasteiger partial charge is 0.490 e. The molecule has 112 valence electrons. The predicted octanol–water partition coefficient (Wildman–Crippen LogP) is 1.31. The number of methoxy groups -OCH3 is 1. The van der Waals surface area contributed by atoms with E-state index in [1.54, 1.807) is 24.8 Å². The molecule has 0 spiro atoms. The number of thiazole rings is 1. The second-order valence-electron chi connectivity index (χ2n) is 4.62. The molecule has 0 saturated carbocycles. The van der Waals surface area contributed by atoms with Gasteiger partial charge in [0.25, 0.3) is 0 Å². The number of aromatic nitrogens is 3. The highest BCUT2D eigenvalue weighted by Gasteiger charge is 2.23. The normalized spacial score (nSPS) is 15.1. The maximum Gasteiger partial charge on any atom is 0.204 e. The smallest absolute Gasteiger partial charge is 0.204 e. The lowest BCUT2D eigenvalue weighted by Crippen LogP contribution is -2.47. The summed E-state index contributed by atoms with van der Waals surface area (Å²) in [5.41, 5.74) is 0. The lowest BCUT2D eigenvalue weighted by atomic mass is 10.3. The first-order valence-electron chi connectivity index (χ1n) is 6.79. The molecule has 21 heavy (non-hydrogen) atoms. The second-order valence-corrected chi connectivity index (χ2v) is 5.49. The predicted molar refractivity (Wildman–Crippen MR) is 84.7 cm³/mol. The Morgan fingerprint density at radius 3 is 2.52 bits per heavy atom. The molecule has 3 heterocycles. The molecule has 2 aromatic rings. The summed E-state index contributed by atoms with van der Waals surface area (Å²) in [5, 5.41) is 6.13. The molecule has 8 heteroatoms. The van der Waals surface area contributed by atoms with E-state index in [1.807, 2.05) is 18.6 Å². The van der Waals surface area contributed by atoms with Crippen LogP contribution >= 0.6 is 11.3 Å². The zero-order valence-electron chi connectivity index (χ0n) is 12.1. The Kier molecular flexibility index (Phi) is 4.05. The van der Waals surface area contributed by atoms with Gasteiger partial charge in [0.05, 0.1) is 7.11 Å². The fraction of sp³-hybridized carbons (Fsp3) is 0.462. The van der Waals surface area contributed by atoms with Crippen LogP contribution in [0.1, 0.15) is 0 Å². The number of rotatable bonds is 4. The van der Waals surface area contributed by atoms with Crippen molar-refractivity contribution in [2.24, 2.45) is 0 Å². The number of nitrogens with one attached hydrogen (secondary N) is 1. The van der Waals surface area contributed by atoms with E-state index < -0.39 is 0 Å². The van der Waals surface area contributed by atoms with E-state index in [-0.39, 0.29) is 0 Å². The summed E-state index contributed by atoms with van der Waals surface area (Å²) in [5.74, 6) is 2.25. The van der Waals surface area contributed by atoms with Crippen LogP contribution < -0.4 is 19.9 Å². The van der Waals surface area contributed by atoms with Crippen LogP contribution in [0.25, 0.3) is 0 Å². The van der Waals surface area contributed by atoms with Crippen LogP contribution in [-0.4, -0.2) is 55.3 Å². The summed E-state index contributed by atoms with van der Waals surface area (Å²) in [7, 11) is 3.48. The van der Waals surface area contributed by atoms with Crippen molar-refractivity contribution in [3.63, 3.8) is 0 Å². The third-order valence-corrected chi connectivity index (χ3v) is 4.33. The van der Waals surface area contributed by atoms with Gasteiger partial charge < -0.3 is 19.9 Å². The fourth-order valence-electron chi connectivity index (χ4n) is 2.44. The Balaban J connectivity index is 1.75. The topological polar surface area (TPSA) is 66.4 Å².